The highest BCUT2D eigenvalue weighted by Crippen LogP contribution is 2.28. The van der Waals surface area contributed by atoms with Gasteiger partial charge in [-0.05, 0) is 35.4 Å². The zero-order valence-corrected chi connectivity index (χ0v) is 15.0. The number of nitriles is 1. The zero-order chi connectivity index (χ0) is 20.8. The molecule has 0 spiro atoms. The predicted octanol–water partition coefficient (Wildman–Crippen LogP) is 4.10. The fourth-order valence-electron chi connectivity index (χ4n) is 2.43. The average molecular weight is 386 g/mol. The summed E-state index contributed by atoms with van der Waals surface area (Å²) in [5.74, 6) is -4.09. The van der Waals surface area contributed by atoms with Gasteiger partial charge in [0.2, 0.25) is 0 Å². The molecule has 0 radical (unpaired) electrons. The molecule has 0 fully saturated rings. The number of aliphatic hydroxyl groups excluding tert-OH is 1. The molecule has 2 rings (SSSR count). The van der Waals surface area contributed by atoms with Crippen LogP contribution < -0.4 is 5.32 Å². The van der Waals surface area contributed by atoms with Crippen molar-refractivity contribution in [3.8, 4) is 17.2 Å². The number of hydrogen-bond donors (Lipinski definition) is 2. The van der Waals surface area contributed by atoms with E-state index in [4.69, 9.17) is 10.00 Å². The van der Waals surface area contributed by atoms with Crippen LogP contribution in [0.1, 0.15) is 23.7 Å². The molecule has 0 aromatic heterocycles. The Bertz CT molecular complexity index is 1010. The lowest BCUT2D eigenvalue weighted by molar-refractivity contribution is -0.112. The lowest BCUT2D eigenvalue weighted by Gasteiger charge is -2.12. The number of carbonyl (C=O) groups is 2. The van der Waals surface area contributed by atoms with E-state index in [2.05, 4.69) is 5.32 Å². The number of hydrogen-bond acceptors (Lipinski definition) is 5. The molecule has 0 heterocycles. The molecule has 2 aromatic carbocycles. The number of carbonyl (C=O) groups excluding carboxylic acids is 2. The number of amides is 1. The molecule has 0 aliphatic carbocycles. The van der Waals surface area contributed by atoms with E-state index < -0.39 is 29.1 Å². The topological polar surface area (TPSA) is 99.4 Å². The van der Waals surface area contributed by atoms with E-state index in [0.717, 1.165) is 19.2 Å². The molecule has 0 saturated carbocycles. The molecule has 144 valence electrons. The smallest absolute Gasteiger partial charge is 0.338 e. The summed E-state index contributed by atoms with van der Waals surface area (Å²) in [4.78, 5) is 24.3. The predicted molar refractivity (Wildman–Crippen MR) is 97.3 cm³/mol. The molecule has 28 heavy (non-hydrogen) atoms. The highest BCUT2D eigenvalue weighted by molar-refractivity contribution is 6.08. The van der Waals surface area contributed by atoms with Crippen LogP contribution in [-0.4, -0.2) is 24.1 Å². The minimum absolute atomic E-state index is 0.00601. The largest absolute Gasteiger partial charge is 0.511 e. The van der Waals surface area contributed by atoms with Crippen LogP contribution in [0.2, 0.25) is 0 Å². The molecule has 1 amide bonds. The van der Waals surface area contributed by atoms with Crippen molar-refractivity contribution < 1.29 is 28.2 Å². The van der Waals surface area contributed by atoms with Crippen molar-refractivity contribution in [3.05, 3.63) is 64.9 Å². The van der Waals surface area contributed by atoms with Gasteiger partial charge < -0.3 is 15.2 Å². The first kappa shape index (κ1) is 20.6. The second-order valence-corrected chi connectivity index (χ2v) is 5.62. The summed E-state index contributed by atoms with van der Waals surface area (Å²) < 4.78 is 31.5. The zero-order valence-electron chi connectivity index (χ0n) is 15.0. The summed E-state index contributed by atoms with van der Waals surface area (Å²) >= 11 is 0. The number of allylic oxidation sites excluding steroid dienone is 1. The number of methoxy groups -OCH3 is 1. The molecule has 0 aliphatic rings. The van der Waals surface area contributed by atoms with Crippen molar-refractivity contribution in [1.82, 2.24) is 0 Å². The monoisotopic (exact) mass is 386 g/mol. The number of esters is 1. The van der Waals surface area contributed by atoms with Crippen molar-refractivity contribution in [2.45, 2.75) is 13.3 Å². The van der Waals surface area contributed by atoms with E-state index >= 15 is 0 Å². The van der Waals surface area contributed by atoms with Crippen molar-refractivity contribution in [2.75, 3.05) is 12.4 Å². The van der Waals surface area contributed by atoms with Crippen molar-refractivity contribution in [2.24, 2.45) is 0 Å². The molecule has 6 nitrogen and oxygen atoms in total. The number of nitrogens with zero attached hydrogens (tertiary/aromatic N) is 1. The van der Waals surface area contributed by atoms with Crippen LogP contribution in [0.3, 0.4) is 0 Å². The summed E-state index contributed by atoms with van der Waals surface area (Å²) in [6.07, 6.45) is 0.0960. The maximum Gasteiger partial charge on any atom is 0.338 e. The van der Waals surface area contributed by atoms with Gasteiger partial charge in [-0.15, -0.1) is 0 Å². The van der Waals surface area contributed by atoms with E-state index in [-0.39, 0.29) is 34.6 Å². The number of halogens is 2. The minimum Gasteiger partial charge on any atom is -0.511 e. The highest BCUT2D eigenvalue weighted by Gasteiger charge is 2.18. The lowest BCUT2D eigenvalue weighted by atomic mass is 9.98. The van der Waals surface area contributed by atoms with Crippen LogP contribution in [0.5, 0.6) is 0 Å². The Balaban J connectivity index is 2.48. The number of aliphatic hydroxyl groups is 1. The Kier molecular flexibility index (Phi) is 6.45. The maximum absolute atomic E-state index is 13.6. The van der Waals surface area contributed by atoms with Crippen LogP contribution in [0, 0.1) is 23.0 Å². The Morgan fingerprint density at radius 2 is 1.89 bits per heavy atom. The van der Waals surface area contributed by atoms with Crippen LogP contribution >= 0.6 is 0 Å². The van der Waals surface area contributed by atoms with Crippen molar-refractivity contribution in [3.63, 3.8) is 0 Å². The van der Waals surface area contributed by atoms with Crippen molar-refractivity contribution >= 4 is 17.6 Å². The van der Waals surface area contributed by atoms with Gasteiger partial charge >= 0.3 is 5.97 Å². The van der Waals surface area contributed by atoms with Gasteiger partial charge in [0.05, 0.1) is 12.7 Å². The number of nitrogens with one attached hydrogen (secondary N) is 1. The van der Waals surface area contributed by atoms with Crippen molar-refractivity contribution in [1.29, 1.82) is 5.26 Å². The fourth-order valence-corrected chi connectivity index (χ4v) is 2.43. The Morgan fingerprint density at radius 1 is 1.18 bits per heavy atom. The van der Waals surface area contributed by atoms with Gasteiger partial charge in [-0.1, -0.05) is 19.1 Å². The molecular weight excluding hydrogens is 370 g/mol. The summed E-state index contributed by atoms with van der Waals surface area (Å²) in [7, 11) is 1.15. The number of rotatable bonds is 5. The Morgan fingerprint density at radius 3 is 2.46 bits per heavy atom. The van der Waals surface area contributed by atoms with Gasteiger partial charge in [0.15, 0.2) is 17.2 Å². The highest BCUT2D eigenvalue weighted by atomic mass is 19.2. The second kappa shape index (κ2) is 8.77. The van der Waals surface area contributed by atoms with E-state index in [1.807, 2.05) is 0 Å². The quantitative estimate of drug-likeness (QED) is 0.349. The van der Waals surface area contributed by atoms with Crippen LogP contribution in [-0.2, 0) is 9.53 Å². The van der Waals surface area contributed by atoms with Gasteiger partial charge in [0, 0.05) is 12.1 Å². The summed E-state index contributed by atoms with van der Waals surface area (Å²) in [5.41, 5.74) is 0.184. The molecular formula is C20H16F2N2O4. The van der Waals surface area contributed by atoms with Gasteiger partial charge in [-0.25, -0.2) is 13.6 Å². The van der Waals surface area contributed by atoms with E-state index in [1.54, 1.807) is 13.0 Å². The first-order valence-corrected chi connectivity index (χ1v) is 8.13. The Hall–Kier alpha value is -3.73. The summed E-state index contributed by atoms with van der Waals surface area (Å²) in [6.45, 7) is 1.58. The molecule has 8 heteroatoms. The second-order valence-electron chi connectivity index (χ2n) is 5.62. The van der Waals surface area contributed by atoms with Gasteiger partial charge in [0.1, 0.15) is 11.8 Å². The average Bonchev–Trinajstić information content (AvgIpc) is 2.69. The molecule has 0 bridgehead atoms. The third-order valence-electron chi connectivity index (χ3n) is 3.88. The molecule has 0 saturated heterocycles. The first-order valence-electron chi connectivity index (χ1n) is 8.13. The van der Waals surface area contributed by atoms with Crippen LogP contribution in [0.4, 0.5) is 14.5 Å². The van der Waals surface area contributed by atoms with Gasteiger partial charge in [0.25, 0.3) is 5.91 Å². The normalized spacial score (nSPS) is 11.2. The first-order chi connectivity index (χ1) is 13.3. The molecule has 2 aromatic rings. The van der Waals surface area contributed by atoms with Crippen LogP contribution in [0.25, 0.3) is 11.1 Å². The number of benzene rings is 2. The summed E-state index contributed by atoms with van der Waals surface area (Å²) in [5, 5.41) is 21.1. The van der Waals surface area contributed by atoms with Gasteiger partial charge in [-0.2, -0.15) is 5.26 Å². The van der Waals surface area contributed by atoms with Gasteiger partial charge in [-0.3, -0.25) is 4.79 Å². The third kappa shape index (κ3) is 4.32. The minimum atomic E-state index is -1.08. The standard InChI is InChI=1S/C20H16F2N2O4/c1-3-18(25)15(10-23)19(26)24-12-5-6-13(14(9-12)20(27)28-2)11-4-7-16(21)17(22)8-11/h4-9,25H,3H2,1-2H3,(H,24,26)/b18-15-. The molecule has 0 aliphatic heterocycles. The number of anilines is 1. The van der Waals surface area contributed by atoms with Crippen LogP contribution in [0.15, 0.2) is 47.7 Å². The number of ether oxygens (including phenoxy) is 1. The Labute approximate surface area is 159 Å². The molecule has 0 atom stereocenters. The summed E-state index contributed by atoms with van der Waals surface area (Å²) in [6, 6.07) is 8.90. The van der Waals surface area contributed by atoms with E-state index in [0.29, 0.717) is 0 Å². The molecule has 2 N–H and O–H groups in total. The SMILES string of the molecule is CC/C(O)=C(\C#N)C(=O)Nc1ccc(-c2ccc(F)c(F)c2)c(C(=O)OC)c1. The fraction of sp³-hybridized carbons (Fsp3) is 0.150. The lowest BCUT2D eigenvalue weighted by Crippen LogP contribution is -2.16. The maximum atomic E-state index is 13.6. The van der Waals surface area contributed by atoms with E-state index in [1.165, 1.54) is 24.3 Å². The molecule has 0 unspecified atom stereocenters. The van der Waals surface area contributed by atoms with E-state index in [9.17, 15) is 23.5 Å². The third-order valence-corrected chi connectivity index (χ3v) is 3.88.